The highest BCUT2D eigenvalue weighted by molar-refractivity contribution is 5.77. The van der Waals surface area contributed by atoms with E-state index in [4.69, 9.17) is 5.11 Å². The van der Waals surface area contributed by atoms with Gasteiger partial charge in [-0.25, -0.2) is 0 Å². The zero-order chi connectivity index (χ0) is 10.3. The topological polar surface area (TPSA) is 54.4 Å². The first kappa shape index (κ1) is 11.7. The van der Waals surface area contributed by atoms with Gasteiger partial charge in [-0.2, -0.15) is 0 Å². The van der Waals surface area contributed by atoms with Gasteiger partial charge in [0.05, 0.1) is 5.92 Å². The van der Waals surface area contributed by atoms with Gasteiger partial charge in [0.1, 0.15) is 5.78 Å². The second kappa shape index (κ2) is 6.21. The fourth-order valence-electron chi connectivity index (χ4n) is 0.945. The molecule has 3 heteroatoms. The van der Waals surface area contributed by atoms with Gasteiger partial charge in [0.15, 0.2) is 0 Å². The van der Waals surface area contributed by atoms with E-state index in [0.717, 1.165) is 0 Å². The van der Waals surface area contributed by atoms with Gasteiger partial charge in [-0.3, -0.25) is 4.79 Å². The van der Waals surface area contributed by atoms with Crippen molar-refractivity contribution in [1.82, 2.24) is 0 Å². The highest BCUT2D eigenvalue weighted by Crippen LogP contribution is 2.12. The first-order valence-corrected chi connectivity index (χ1v) is 4.14. The minimum atomic E-state index is -0.868. The lowest BCUT2D eigenvalue weighted by atomic mass is 9.98. The van der Waals surface area contributed by atoms with Crippen LogP contribution in [0, 0.1) is 5.92 Å². The van der Waals surface area contributed by atoms with Crippen molar-refractivity contribution in [2.24, 2.45) is 5.92 Å². The summed E-state index contributed by atoms with van der Waals surface area (Å²) in [5.41, 5.74) is 2.52. The number of Topliss-reactive ketones (excluding diaryl/α,β-unsaturated/α-hetero) is 1. The van der Waals surface area contributed by atoms with Crippen LogP contribution >= 0.6 is 0 Å². The molecule has 0 aromatic carbocycles. The van der Waals surface area contributed by atoms with Crippen LogP contribution in [-0.2, 0) is 9.59 Å². The van der Waals surface area contributed by atoms with Crippen LogP contribution in [0.5, 0.6) is 0 Å². The van der Waals surface area contributed by atoms with Crippen LogP contribution in [0.25, 0.3) is 0 Å². The van der Waals surface area contributed by atoms with Crippen LogP contribution in [0.4, 0.5) is 0 Å². The number of carbonyl (C=O) groups excluding carboxylic acids is 1. The van der Waals surface area contributed by atoms with Gasteiger partial charge in [-0.05, 0) is 25.8 Å². The molecule has 0 amide bonds. The molecule has 0 aliphatic rings. The molecule has 1 unspecified atom stereocenters. The molecular weight excluding hydrogens is 168 g/mol. The molecular formula is C10H14O3. The van der Waals surface area contributed by atoms with Gasteiger partial charge in [0.2, 0.25) is 0 Å². The summed E-state index contributed by atoms with van der Waals surface area (Å²) in [7, 11) is 0. The predicted molar refractivity (Wildman–Crippen MR) is 49.4 cm³/mol. The fourth-order valence-corrected chi connectivity index (χ4v) is 0.945. The number of hydrogen-bond donors (Lipinski definition) is 1. The van der Waals surface area contributed by atoms with Crippen molar-refractivity contribution in [3.63, 3.8) is 0 Å². The molecule has 0 saturated heterocycles. The van der Waals surface area contributed by atoms with Crippen molar-refractivity contribution in [3.8, 4) is 0 Å². The molecule has 0 aliphatic heterocycles. The molecule has 0 aromatic rings. The van der Waals surface area contributed by atoms with E-state index in [1.54, 1.807) is 6.08 Å². The summed E-state index contributed by atoms with van der Waals surface area (Å²) in [5, 5.41) is 8.73. The zero-order valence-corrected chi connectivity index (χ0v) is 7.75. The predicted octanol–water partition coefficient (Wildman–Crippen LogP) is 1.79. The van der Waals surface area contributed by atoms with Crippen LogP contribution in [0.15, 0.2) is 18.4 Å². The molecule has 0 rings (SSSR count). The molecule has 0 heterocycles. The first-order chi connectivity index (χ1) is 6.07. The van der Waals surface area contributed by atoms with Gasteiger partial charge >= 0.3 is 5.97 Å². The van der Waals surface area contributed by atoms with Crippen LogP contribution in [-0.4, -0.2) is 16.9 Å². The van der Waals surface area contributed by atoms with E-state index in [-0.39, 0.29) is 5.78 Å². The molecule has 0 saturated carbocycles. The third-order valence-electron chi connectivity index (χ3n) is 1.74. The highest BCUT2D eigenvalue weighted by Gasteiger charge is 2.15. The van der Waals surface area contributed by atoms with Crippen molar-refractivity contribution in [2.45, 2.75) is 26.2 Å². The SMILES string of the molecule is C=C=CCC(CCC(C)=O)C(=O)O. The Labute approximate surface area is 77.8 Å². The van der Waals surface area contributed by atoms with Crippen molar-refractivity contribution >= 4 is 11.8 Å². The van der Waals surface area contributed by atoms with Gasteiger partial charge in [0, 0.05) is 6.42 Å². The maximum Gasteiger partial charge on any atom is 0.306 e. The number of hydrogen-bond acceptors (Lipinski definition) is 2. The van der Waals surface area contributed by atoms with Crippen LogP contribution in [0.1, 0.15) is 26.2 Å². The Morgan fingerprint density at radius 1 is 1.62 bits per heavy atom. The second-order valence-corrected chi connectivity index (χ2v) is 2.92. The molecule has 1 N–H and O–H groups in total. The second-order valence-electron chi connectivity index (χ2n) is 2.92. The summed E-state index contributed by atoms with van der Waals surface area (Å²) < 4.78 is 0. The summed E-state index contributed by atoms with van der Waals surface area (Å²) in [4.78, 5) is 21.3. The average molecular weight is 182 g/mol. The van der Waals surface area contributed by atoms with Crippen LogP contribution < -0.4 is 0 Å². The molecule has 0 aliphatic carbocycles. The summed E-state index contributed by atoms with van der Waals surface area (Å²) in [6, 6.07) is 0. The lowest BCUT2D eigenvalue weighted by molar-refractivity contribution is -0.141. The van der Waals surface area contributed by atoms with Crippen molar-refractivity contribution in [2.75, 3.05) is 0 Å². The molecule has 0 bridgehead atoms. The Morgan fingerprint density at radius 2 is 2.23 bits per heavy atom. The molecule has 0 radical (unpaired) electrons. The van der Waals surface area contributed by atoms with Gasteiger partial charge in [-0.1, -0.05) is 6.58 Å². The standard InChI is InChI=1S/C10H14O3/c1-3-4-5-9(10(12)13)7-6-8(2)11/h4,9H,1,5-7H2,2H3,(H,12,13). The number of carboxylic acid groups (broad SMARTS) is 1. The molecule has 0 fully saturated rings. The smallest absolute Gasteiger partial charge is 0.306 e. The lowest BCUT2D eigenvalue weighted by Gasteiger charge is -2.07. The molecule has 72 valence electrons. The van der Waals surface area contributed by atoms with Gasteiger partial charge in [-0.15, -0.1) is 5.73 Å². The minimum Gasteiger partial charge on any atom is -0.481 e. The largest absolute Gasteiger partial charge is 0.481 e. The molecule has 13 heavy (non-hydrogen) atoms. The van der Waals surface area contributed by atoms with E-state index < -0.39 is 11.9 Å². The van der Waals surface area contributed by atoms with E-state index in [1.165, 1.54) is 6.92 Å². The number of rotatable bonds is 6. The monoisotopic (exact) mass is 182 g/mol. The fraction of sp³-hybridized carbons (Fsp3) is 0.500. The molecule has 0 spiro atoms. The minimum absolute atomic E-state index is 0.0221. The number of carboxylic acids is 1. The van der Waals surface area contributed by atoms with Crippen LogP contribution in [0.3, 0.4) is 0 Å². The normalized spacial score (nSPS) is 11.5. The average Bonchev–Trinajstić information content (AvgIpc) is 2.03. The maximum atomic E-state index is 10.6. The quantitative estimate of drug-likeness (QED) is 0.637. The molecule has 0 aromatic heterocycles. The third-order valence-corrected chi connectivity index (χ3v) is 1.74. The van der Waals surface area contributed by atoms with E-state index in [1.807, 2.05) is 0 Å². The van der Waals surface area contributed by atoms with Crippen LogP contribution in [0.2, 0.25) is 0 Å². The summed E-state index contributed by atoms with van der Waals surface area (Å²) in [6.07, 6.45) is 2.69. The number of allylic oxidation sites excluding steroid dienone is 1. The number of ketones is 1. The lowest BCUT2D eigenvalue weighted by Crippen LogP contribution is -2.13. The Bertz CT molecular complexity index is 237. The van der Waals surface area contributed by atoms with Gasteiger partial charge in [0.25, 0.3) is 0 Å². The Morgan fingerprint density at radius 3 is 2.62 bits per heavy atom. The Hall–Kier alpha value is -1.34. The Balaban J connectivity index is 4.01. The summed E-state index contributed by atoms with van der Waals surface area (Å²) >= 11 is 0. The molecule has 3 nitrogen and oxygen atoms in total. The molecule has 1 atom stereocenters. The number of carbonyl (C=O) groups is 2. The first-order valence-electron chi connectivity index (χ1n) is 4.14. The van der Waals surface area contributed by atoms with Crippen molar-refractivity contribution in [1.29, 1.82) is 0 Å². The van der Waals surface area contributed by atoms with Crippen molar-refractivity contribution < 1.29 is 14.7 Å². The van der Waals surface area contributed by atoms with E-state index in [0.29, 0.717) is 19.3 Å². The van der Waals surface area contributed by atoms with Crippen molar-refractivity contribution in [3.05, 3.63) is 18.4 Å². The summed E-state index contributed by atoms with van der Waals surface area (Å²) in [6.45, 7) is 4.81. The van der Waals surface area contributed by atoms with E-state index in [2.05, 4.69) is 12.3 Å². The summed E-state index contributed by atoms with van der Waals surface area (Å²) in [5.74, 6) is -1.33. The Kier molecular flexibility index (Phi) is 5.57. The van der Waals surface area contributed by atoms with E-state index >= 15 is 0 Å². The van der Waals surface area contributed by atoms with E-state index in [9.17, 15) is 9.59 Å². The van der Waals surface area contributed by atoms with Gasteiger partial charge < -0.3 is 9.90 Å². The third kappa shape index (κ3) is 5.88. The zero-order valence-electron chi connectivity index (χ0n) is 7.75. The highest BCUT2D eigenvalue weighted by atomic mass is 16.4. The maximum absolute atomic E-state index is 10.6. The number of aliphatic carboxylic acids is 1.